The lowest BCUT2D eigenvalue weighted by Crippen LogP contribution is -2.44. The van der Waals surface area contributed by atoms with Gasteiger partial charge in [0.25, 0.3) is 0 Å². The molecule has 0 bridgehead atoms. The van der Waals surface area contributed by atoms with E-state index in [2.05, 4.69) is 52.5 Å². The van der Waals surface area contributed by atoms with Crippen LogP contribution in [0.3, 0.4) is 0 Å². The zero-order valence-electron chi connectivity index (χ0n) is 14.0. The molecular weight excluding hydrogens is 270 g/mol. The SMILES string of the molecule is CN(CCC1CCCN1)C1CCN(Cc2ccccc2)CC1. The van der Waals surface area contributed by atoms with Crippen LogP contribution in [0.15, 0.2) is 30.3 Å². The summed E-state index contributed by atoms with van der Waals surface area (Å²) >= 11 is 0. The number of hydrogen-bond acceptors (Lipinski definition) is 3. The van der Waals surface area contributed by atoms with Crippen molar-refractivity contribution in [3.8, 4) is 0 Å². The maximum Gasteiger partial charge on any atom is 0.0233 e. The molecule has 0 aromatic heterocycles. The van der Waals surface area contributed by atoms with Gasteiger partial charge in [-0.25, -0.2) is 0 Å². The Morgan fingerprint density at radius 2 is 1.91 bits per heavy atom. The van der Waals surface area contributed by atoms with Gasteiger partial charge in [-0.05, 0) is 70.9 Å². The average molecular weight is 301 g/mol. The van der Waals surface area contributed by atoms with Crippen LogP contribution in [0.5, 0.6) is 0 Å². The van der Waals surface area contributed by atoms with Gasteiger partial charge < -0.3 is 10.2 Å². The quantitative estimate of drug-likeness (QED) is 0.871. The van der Waals surface area contributed by atoms with Crippen LogP contribution < -0.4 is 5.32 Å². The molecule has 3 nitrogen and oxygen atoms in total. The fourth-order valence-electron chi connectivity index (χ4n) is 3.90. The van der Waals surface area contributed by atoms with Crippen LogP contribution in [-0.4, -0.2) is 55.1 Å². The summed E-state index contributed by atoms with van der Waals surface area (Å²) in [7, 11) is 2.33. The van der Waals surface area contributed by atoms with E-state index >= 15 is 0 Å². The molecule has 2 saturated heterocycles. The number of likely N-dealkylation sites (tertiary alicyclic amines) is 1. The minimum absolute atomic E-state index is 0.778. The van der Waals surface area contributed by atoms with Gasteiger partial charge in [0.1, 0.15) is 0 Å². The molecule has 0 saturated carbocycles. The summed E-state index contributed by atoms with van der Waals surface area (Å²) in [6, 6.07) is 12.4. The van der Waals surface area contributed by atoms with Gasteiger partial charge in [-0.2, -0.15) is 0 Å². The van der Waals surface area contributed by atoms with E-state index in [9.17, 15) is 0 Å². The van der Waals surface area contributed by atoms with Crippen LogP contribution in [0.25, 0.3) is 0 Å². The third kappa shape index (κ3) is 4.55. The van der Waals surface area contributed by atoms with Crippen LogP contribution in [-0.2, 0) is 6.54 Å². The lowest BCUT2D eigenvalue weighted by molar-refractivity contribution is 0.121. The van der Waals surface area contributed by atoms with E-state index in [1.807, 2.05) is 0 Å². The highest BCUT2D eigenvalue weighted by molar-refractivity contribution is 5.14. The smallest absolute Gasteiger partial charge is 0.0233 e. The van der Waals surface area contributed by atoms with Crippen molar-refractivity contribution in [3.05, 3.63) is 35.9 Å². The number of nitrogens with zero attached hydrogens (tertiary/aromatic N) is 2. The van der Waals surface area contributed by atoms with Gasteiger partial charge in [0.05, 0.1) is 0 Å². The Morgan fingerprint density at radius 3 is 2.59 bits per heavy atom. The predicted octanol–water partition coefficient (Wildman–Crippen LogP) is 2.72. The Morgan fingerprint density at radius 1 is 1.14 bits per heavy atom. The highest BCUT2D eigenvalue weighted by Crippen LogP contribution is 2.18. The van der Waals surface area contributed by atoms with Crippen LogP contribution in [0.4, 0.5) is 0 Å². The van der Waals surface area contributed by atoms with Crippen molar-refractivity contribution in [1.82, 2.24) is 15.1 Å². The molecule has 122 valence electrons. The van der Waals surface area contributed by atoms with Gasteiger partial charge in [0.15, 0.2) is 0 Å². The fraction of sp³-hybridized carbons (Fsp3) is 0.684. The number of hydrogen-bond donors (Lipinski definition) is 1. The van der Waals surface area contributed by atoms with E-state index < -0.39 is 0 Å². The van der Waals surface area contributed by atoms with E-state index in [0.717, 1.165) is 18.6 Å². The largest absolute Gasteiger partial charge is 0.314 e. The first kappa shape index (κ1) is 16.0. The minimum Gasteiger partial charge on any atom is -0.314 e. The van der Waals surface area contributed by atoms with Gasteiger partial charge in [-0.3, -0.25) is 4.90 Å². The van der Waals surface area contributed by atoms with Gasteiger partial charge >= 0.3 is 0 Å². The first-order valence-electron chi connectivity index (χ1n) is 9.01. The molecule has 1 unspecified atom stereocenters. The van der Waals surface area contributed by atoms with Gasteiger partial charge in [0.2, 0.25) is 0 Å². The van der Waals surface area contributed by atoms with Crippen molar-refractivity contribution in [3.63, 3.8) is 0 Å². The zero-order chi connectivity index (χ0) is 15.2. The normalized spacial score (nSPS) is 24.2. The van der Waals surface area contributed by atoms with Gasteiger partial charge in [0, 0.05) is 18.6 Å². The molecule has 2 aliphatic rings. The Hall–Kier alpha value is -0.900. The van der Waals surface area contributed by atoms with Crippen LogP contribution >= 0.6 is 0 Å². The second-order valence-corrected chi connectivity index (χ2v) is 7.06. The molecule has 0 aliphatic carbocycles. The second kappa shape index (κ2) is 8.09. The Balaban J connectivity index is 1.37. The van der Waals surface area contributed by atoms with Crippen molar-refractivity contribution in [1.29, 1.82) is 0 Å². The highest BCUT2D eigenvalue weighted by atomic mass is 15.2. The molecule has 3 rings (SSSR count). The molecule has 0 radical (unpaired) electrons. The van der Waals surface area contributed by atoms with E-state index in [1.165, 1.54) is 63.8 Å². The van der Waals surface area contributed by atoms with Crippen molar-refractivity contribution < 1.29 is 0 Å². The Labute approximate surface area is 135 Å². The molecule has 0 amide bonds. The maximum absolute atomic E-state index is 3.61. The van der Waals surface area contributed by atoms with Crippen molar-refractivity contribution in [2.75, 3.05) is 33.2 Å². The molecule has 2 heterocycles. The Bertz CT molecular complexity index is 420. The van der Waals surface area contributed by atoms with Crippen molar-refractivity contribution in [2.24, 2.45) is 0 Å². The molecule has 2 aliphatic heterocycles. The van der Waals surface area contributed by atoms with Crippen LogP contribution in [0.2, 0.25) is 0 Å². The molecule has 1 aromatic carbocycles. The fourth-order valence-corrected chi connectivity index (χ4v) is 3.90. The molecule has 1 aromatic rings. The Kier molecular flexibility index (Phi) is 5.88. The maximum atomic E-state index is 3.61. The number of piperidine rings is 1. The number of nitrogens with one attached hydrogen (secondary N) is 1. The molecule has 1 N–H and O–H groups in total. The summed E-state index contributed by atoms with van der Waals surface area (Å²) in [6.45, 7) is 6.08. The molecule has 22 heavy (non-hydrogen) atoms. The molecule has 1 atom stereocenters. The lowest BCUT2D eigenvalue weighted by Gasteiger charge is -2.37. The van der Waals surface area contributed by atoms with E-state index in [-0.39, 0.29) is 0 Å². The van der Waals surface area contributed by atoms with E-state index in [0.29, 0.717) is 0 Å². The lowest BCUT2D eigenvalue weighted by atomic mass is 10.0. The summed E-state index contributed by atoms with van der Waals surface area (Å²) < 4.78 is 0. The molecule has 2 fully saturated rings. The monoisotopic (exact) mass is 301 g/mol. The first-order chi connectivity index (χ1) is 10.8. The first-order valence-corrected chi connectivity index (χ1v) is 9.01. The summed E-state index contributed by atoms with van der Waals surface area (Å²) in [6.07, 6.45) is 6.71. The topological polar surface area (TPSA) is 18.5 Å². The number of benzene rings is 1. The third-order valence-electron chi connectivity index (χ3n) is 5.42. The molecule has 3 heteroatoms. The van der Waals surface area contributed by atoms with Crippen molar-refractivity contribution in [2.45, 2.75) is 50.7 Å². The summed E-state index contributed by atoms with van der Waals surface area (Å²) in [5.41, 5.74) is 1.45. The van der Waals surface area contributed by atoms with Gasteiger partial charge in [-0.1, -0.05) is 30.3 Å². The summed E-state index contributed by atoms with van der Waals surface area (Å²) in [4.78, 5) is 5.22. The highest BCUT2D eigenvalue weighted by Gasteiger charge is 2.23. The second-order valence-electron chi connectivity index (χ2n) is 7.06. The molecular formula is C19H31N3. The van der Waals surface area contributed by atoms with E-state index in [4.69, 9.17) is 0 Å². The van der Waals surface area contributed by atoms with Crippen molar-refractivity contribution >= 4 is 0 Å². The average Bonchev–Trinajstić information content (AvgIpc) is 3.08. The standard InChI is InChI=1S/C19H31N3/c1-21(13-9-18-8-5-12-20-18)19-10-14-22(15-11-19)16-17-6-3-2-4-7-17/h2-4,6-7,18-20H,5,8-16H2,1H3. The van der Waals surface area contributed by atoms with Gasteiger partial charge in [-0.15, -0.1) is 0 Å². The van der Waals surface area contributed by atoms with E-state index in [1.54, 1.807) is 0 Å². The zero-order valence-corrected chi connectivity index (χ0v) is 14.0. The van der Waals surface area contributed by atoms with Crippen LogP contribution in [0, 0.1) is 0 Å². The predicted molar refractivity (Wildman–Crippen MR) is 93.0 cm³/mol. The summed E-state index contributed by atoms with van der Waals surface area (Å²) in [5.74, 6) is 0. The summed E-state index contributed by atoms with van der Waals surface area (Å²) in [5, 5.41) is 3.61. The van der Waals surface area contributed by atoms with Crippen LogP contribution in [0.1, 0.15) is 37.7 Å². The third-order valence-corrected chi connectivity index (χ3v) is 5.42. The minimum atomic E-state index is 0.778. The molecule has 0 spiro atoms. The number of rotatable bonds is 6.